The molecule has 1 aliphatic rings. The lowest BCUT2D eigenvalue weighted by molar-refractivity contribution is 0.0454. The molecule has 12 heteroatoms. The number of halogens is 1. The quantitative estimate of drug-likeness (QED) is 0.186. The van der Waals surface area contributed by atoms with Crippen molar-refractivity contribution in [2.75, 3.05) is 46.2 Å². The maximum atomic E-state index is 13.4. The fourth-order valence-electron chi connectivity index (χ4n) is 4.32. The van der Waals surface area contributed by atoms with E-state index in [1.807, 2.05) is 12.1 Å². The van der Waals surface area contributed by atoms with E-state index >= 15 is 0 Å². The number of hydrogen-bond acceptors (Lipinski definition) is 7. The molecule has 0 unspecified atom stereocenters. The number of methoxy groups -OCH3 is 2. The van der Waals surface area contributed by atoms with Gasteiger partial charge in [0, 0.05) is 25.6 Å². The Morgan fingerprint density at radius 2 is 1.79 bits per heavy atom. The Kier molecular flexibility index (Phi) is 11.9. The lowest BCUT2D eigenvalue weighted by Crippen LogP contribution is -2.54. The van der Waals surface area contributed by atoms with Crippen LogP contribution >= 0.6 is 11.6 Å². The fraction of sp³-hybridized carbons (Fsp3) is 0.731. The molecular formula is C26H45ClN2O7SSi. The van der Waals surface area contributed by atoms with Crippen LogP contribution in [-0.2, 0) is 30.5 Å². The van der Waals surface area contributed by atoms with Gasteiger partial charge in [0.25, 0.3) is 0 Å². The van der Waals surface area contributed by atoms with Gasteiger partial charge in [0.2, 0.25) is 10.0 Å². The van der Waals surface area contributed by atoms with E-state index in [4.69, 9.17) is 30.2 Å². The number of nitrogens with zero attached hydrogens (tertiary/aromatic N) is 2. The zero-order valence-corrected chi connectivity index (χ0v) is 26.6. The van der Waals surface area contributed by atoms with Gasteiger partial charge >= 0.3 is 6.09 Å². The summed E-state index contributed by atoms with van der Waals surface area (Å²) in [6, 6.07) is 5.84. The van der Waals surface area contributed by atoms with Crippen LogP contribution < -0.4 is 4.74 Å². The zero-order chi connectivity index (χ0) is 28.7. The van der Waals surface area contributed by atoms with Crippen molar-refractivity contribution >= 4 is 36.0 Å². The van der Waals surface area contributed by atoms with Gasteiger partial charge in [-0.2, -0.15) is 4.31 Å². The van der Waals surface area contributed by atoms with Crippen LogP contribution in [0.4, 0.5) is 4.79 Å². The minimum atomic E-state index is -3.66. The van der Waals surface area contributed by atoms with Crippen LogP contribution in [0.3, 0.4) is 0 Å². The molecule has 218 valence electrons. The van der Waals surface area contributed by atoms with Crippen LogP contribution in [0.5, 0.6) is 5.75 Å². The Labute approximate surface area is 234 Å². The number of alkyl halides is 1. The maximum absolute atomic E-state index is 13.4. The number of likely N-dealkylation sites (tertiary alicyclic amines) is 1. The summed E-state index contributed by atoms with van der Waals surface area (Å²) in [6.07, 6.45) is 1.61. The van der Waals surface area contributed by atoms with E-state index in [1.165, 1.54) is 10.6 Å². The lowest BCUT2D eigenvalue weighted by atomic mass is 10.1. The maximum Gasteiger partial charge on any atom is 0.410 e. The van der Waals surface area contributed by atoms with Crippen LogP contribution in [0.25, 0.3) is 0 Å². The van der Waals surface area contributed by atoms with Crippen LogP contribution in [0.15, 0.2) is 24.3 Å². The second kappa shape index (κ2) is 13.8. The van der Waals surface area contributed by atoms with Gasteiger partial charge in [0.05, 0.1) is 45.3 Å². The summed E-state index contributed by atoms with van der Waals surface area (Å²) in [5.41, 5.74) is 0.812. The third kappa shape index (κ3) is 8.56. The molecule has 1 aromatic rings. The molecule has 0 spiro atoms. The van der Waals surface area contributed by atoms with E-state index in [-0.39, 0.29) is 37.4 Å². The number of carbonyl (C=O) groups is 1. The summed E-state index contributed by atoms with van der Waals surface area (Å²) in [5.74, 6) is 1.06. The zero-order valence-electron chi connectivity index (χ0n) is 24.0. The Hall–Kier alpha value is -1.37. The van der Waals surface area contributed by atoms with Crippen molar-refractivity contribution in [2.24, 2.45) is 0 Å². The second-order valence-electron chi connectivity index (χ2n) is 11.3. The molecule has 9 nitrogen and oxygen atoms in total. The Morgan fingerprint density at radius 1 is 1.16 bits per heavy atom. The molecule has 2 rings (SSSR count). The number of hydrogen-bond donors (Lipinski definition) is 0. The van der Waals surface area contributed by atoms with Crippen molar-refractivity contribution in [3.8, 4) is 5.75 Å². The molecule has 0 aliphatic carbocycles. The van der Waals surface area contributed by atoms with E-state index in [2.05, 4.69) is 33.9 Å². The summed E-state index contributed by atoms with van der Waals surface area (Å²) in [4.78, 5) is 15.0. The van der Waals surface area contributed by atoms with E-state index in [9.17, 15) is 13.2 Å². The first-order valence-electron chi connectivity index (χ1n) is 12.9. The molecule has 38 heavy (non-hydrogen) atoms. The van der Waals surface area contributed by atoms with Gasteiger partial charge in [-0.05, 0) is 48.7 Å². The van der Waals surface area contributed by atoms with Gasteiger partial charge in [0.1, 0.15) is 5.75 Å². The first-order chi connectivity index (χ1) is 17.7. The Balaban J connectivity index is 2.49. The summed E-state index contributed by atoms with van der Waals surface area (Å²) < 4.78 is 50.7. The molecule has 1 fully saturated rings. The first kappa shape index (κ1) is 32.8. The molecule has 1 heterocycles. The van der Waals surface area contributed by atoms with Crippen molar-refractivity contribution in [1.82, 2.24) is 9.21 Å². The number of sulfonamides is 1. The summed E-state index contributed by atoms with van der Waals surface area (Å²) in [7, 11) is -2.73. The monoisotopic (exact) mass is 592 g/mol. The average molecular weight is 593 g/mol. The highest BCUT2D eigenvalue weighted by molar-refractivity contribution is 7.88. The molecular weight excluding hydrogens is 548 g/mol. The number of amides is 1. The molecule has 1 aliphatic heterocycles. The summed E-state index contributed by atoms with van der Waals surface area (Å²) >= 11 is 5.78. The van der Waals surface area contributed by atoms with Gasteiger partial charge < -0.3 is 18.6 Å². The lowest BCUT2D eigenvalue weighted by Gasteiger charge is -2.40. The smallest absolute Gasteiger partial charge is 0.410 e. The third-order valence-electron chi connectivity index (χ3n) is 7.50. The SMILES string of the molecule is COC[C@@H]1C[C@H](N(Cc2ccc(OC)cc2)S(C)(=O)=O)[C@H](CO[Si](C)(C)C(C)(C)C)N1C(=O)OCCCCl. The normalized spacial score (nSPS) is 20.7. The molecule has 0 aromatic heterocycles. The van der Waals surface area contributed by atoms with Crippen molar-refractivity contribution in [3.63, 3.8) is 0 Å². The van der Waals surface area contributed by atoms with Crippen LogP contribution in [0, 0.1) is 0 Å². The highest BCUT2D eigenvalue weighted by Gasteiger charge is 2.50. The molecule has 3 atom stereocenters. The summed E-state index contributed by atoms with van der Waals surface area (Å²) in [6.45, 7) is 11.5. The minimum Gasteiger partial charge on any atom is -0.497 e. The Bertz CT molecular complexity index is 1000. The van der Waals surface area contributed by atoms with E-state index in [0.717, 1.165) is 5.56 Å². The number of carbonyl (C=O) groups excluding carboxylic acids is 1. The van der Waals surface area contributed by atoms with Crippen molar-refractivity contribution in [1.29, 1.82) is 0 Å². The molecule has 0 saturated carbocycles. The Morgan fingerprint density at radius 3 is 2.29 bits per heavy atom. The van der Waals surface area contributed by atoms with E-state index < -0.39 is 36.5 Å². The summed E-state index contributed by atoms with van der Waals surface area (Å²) in [5, 5.41) is -0.0572. The highest BCUT2D eigenvalue weighted by atomic mass is 35.5. The molecule has 1 aromatic carbocycles. The molecule has 1 saturated heterocycles. The molecule has 0 bridgehead atoms. The first-order valence-corrected chi connectivity index (χ1v) is 18.2. The predicted molar refractivity (Wildman–Crippen MR) is 153 cm³/mol. The number of rotatable bonds is 13. The highest BCUT2D eigenvalue weighted by Crippen LogP contribution is 2.39. The van der Waals surface area contributed by atoms with E-state index in [0.29, 0.717) is 24.5 Å². The third-order valence-corrected chi connectivity index (χ3v) is 13.5. The molecule has 1 amide bonds. The standard InChI is InChI=1S/C26H45ClN2O7SSi/c1-26(2,3)38(7,8)36-19-24-23(16-21(18-33-4)29(24)25(30)35-15-9-14-27)28(37(6,31)32)17-20-10-12-22(34-5)13-11-20/h10-13,21,23-24H,9,14-19H2,1-8H3/t21-,23-,24-/m0/s1. The van der Waals surface area contributed by atoms with E-state index in [1.54, 1.807) is 31.3 Å². The minimum absolute atomic E-state index is 0.0572. The topological polar surface area (TPSA) is 94.6 Å². The van der Waals surface area contributed by atoms with Crippen molar-refractivity contribution in [2.45, 2.75) is 76.4 Å². The van der Waals surface area contributed by atoms with Gasteiger partial charge in [0.15, 0.2) is 8.32 Å². The van der Waals surface area contributed by atoms with Crippen LogP contribution in [-0.4, -0.2) is 96.3 Å². The number of benzene rings is 1. The van der Waals surface area contributed by atoms with Crippen molar-refractivity contribution in [3.05, 3.63) is 29.8 Å². The van der Waals surface area contributed by atoms with Crippen molar-refractivity contribution < 1.29 is 31.8 Å². The molecule has 0 N–H and O–H groups in total. The van der Waals surface area contributed by atoms with Gasteiger partial charge in [-0.15, -0.1) is 11.6 Å². The second-order valence-corrected chi connectivity index (χ2v) is 18.4. The van der Waals surface area contributed by atoms with Gasteiger partial charge in [-0.3, -0.25) is 4.90 Å². The van der Waals surface area contributed by atoms with Gasteiger partial charge in [-0.1, -0.05) is 32.9 Å². The number of ether oxygens (including phenoxy) is 3. The van der Waals surface area contributed by atoms with Crippen LogP contribution in [0.2, 0.25) is 18.1 Å². The average Bonchev–Trinajstić information content (AvgIpc) is 3.18. The van der Waals surface area contributed by atoms with Crippen LogP contribution in [0.1, 0.15) is 39.2 Å². The largest absolute Gasteiger partial charge is 0.497 e. The molecule has 0 radical (unpaired) electrons. The fourth-order valence-corrected chi connectivity index (χ4v) is 6.55. The predicted octanol–water partition coefficient (Wildman–Crippen LogP) is 4.70. The van der Waals surface area contributed by atoms with Gasteiger partial charge in [-0.25, -0.2) is 13.2 Å².